The molecular weight excluding hydrogens is 376 g/mol. The number of carbonyl (C=O) groups is 1. The molecule has 0 aromatic heterocycles. The van der Waals surface area contributed by atoms with Gasteiger partial charge in [-0.3, -0.25) is 15.3 Å². The minimum absolute atomic E-state index is 0.370. The molecule has 1 aromatic carbocycles. The Morgan fingerprint density at radius 3 is 2.14 bits per heavy atom. The number of benzene rings is 1. The van der Waals surface area contributed by atoms with Crippen molar-refractivity contribution in [2.75, 3.05) is 11.0 Å². The van der Waals surface area contributed by atoms with Gasteiger partial charge in [0.25, 0.3) is 5.91 Å². The summed E-state index contributed by atoms with van der Waals surface area (Å²) < 4.78 is 30.7. The van der Waals surface area contributed by atoms with Crippen LogP contribution >= 0.6 is 0 Å². The fourth-order valence-electron chi connectivity index (χ4n) is 3.07. The lowest BCUT2D eigenvalue weighted by atomic mass is 10.0. The highest BCUT2D eigenvalue weighted by Gasteiger charge is 2.18. The first kappa shape index (κ1) is 24.3. The Bertz CT molecular complexity index is 677. The first-order valence-electron chi connectivity index (χ1n) is 10.3. The van der Waals surface area contributed by atoms with Gasteiger partial charge in [-0.1, -0.05) is 70.8 Å². The number of anilines is 1. The van der Waals surface area contributed by atoms with Crippen LogP contribution in [0.2, 0.25) is 0 Å². The Hall–Kier alpha value is -1.76. The summed E-state index contributed by atoms with van der Waals surface area (Å²) in [5, 5.41) is 0. The minimum Gasteiger partial charge on any atom is -0.480 e. The van der Waals surface area contributed by atoms with Crippen molar-refractivity contribution in [3.63, 3.8) is 0 Å². The predicted octanol–water partition coefficient (Wildman–Crippen LogP) is 4.93. The van der Waals surface area contributed by atoms with Gasteiger partial charge in [-0.2, -0.15) is 0 Å². The number of nitrogens with one attached hydrogen (secondary N) is 2. The van der Waals surface area contributed by atoms with Crippen molar-refractivity contribution >= 4 is 21.6 Å². The third kappa shape index (κ3) is 11.8. The molecule has 0 spiro atoms. The second-order valence-electron chi connectivity index (χ2n) is 7.34. The summed E-state index contributed by atoms with van der Waals surface area (Å²) in [5.74, 6) is -0.372. The van der Waals surface area contributed by atoms with Crippen LogP contribution in [0.5, 0.6) is 5.75 Å². The normalized spacial score (nSPS) is 12.5. The highest BCUT2D eigenvalue weighted by molar-refractivity contribution is 7.92. The Labute approximate surface area is 170 Å². The quantitative estimate of drug-likeness (QED) is 0.390. The van der Waals surface area contributed by atoms with E-state index in [1.165, 1.54) is 51.0 Å². The fraction of sp³-hybridized carbons (Fsp3) is 0.667. The Balaban J connectivity index is 2.32. The van der Waals surface area contributed by atoms with Crippen molar-refractivity contribution in [3.8, 4) is 5.75 Å². The van der Waals surface area contributed by atoms with Crippen LogP contribution in [0.25, 0.3) is 0 Å². The van der Waals surface area contributed by atoms with Crippen LogP contribution in [0.1, 0.15) is 77.6 Å². The largest absolute Gasteiger partial charge is 0.480 e. The highest BCUT2D eigenvalue weighted by atomic mass is 32.2. The second-order valence-corrected chi connectivity index (χ2v) is 9.09. The van der Waals surface area contributed by atoms with Crippen molar-refractivity contribution in [2.24, 2.45) is 0 Å². The van der Waals surface area contributed by atoms with E-state index in [4.69, 9.17) is 10.5 Å². The van der Waals surface area contributed by atoms with Crippen LogP contribution in [0, 0.1) is 0 Å². The van der Waals surface area contributed by atoms with Gasteiger partial charge in [0, 0.05) is 6.07 Å². The second kappa shape index (κ2) is 13.4. The van der Waals surface area contributed by atoms with E-state index in [2.05, 4.69) is 11.6 Å². The number of hydrogen-bond donors (Lipinski definition) is 1. The highest BCUT2D eigenvalue weighted by Crippen LogP contribution is 2.21. The first-order valence-corrected chi connectivity index (χ1v) is 12.2. The molecule has 0 aliphatic rings. The van der Waals surface area contributed by atoms with Crippen LogP contribution in [-0.4, -0.2) is 26.7 Å². The van der Waals surface area contributed by atoms with E-state index >= 15 is 0 Å². The van der Waals surface area contributed by atoms with Crippen LogP contribution < -0.4 is 15.2 Å². The molecule has 1 unspecified atom stereocenters. The minimum atomic E-state index is -3.38. The van der Waals surface area contributed by atoms with E-state index in [0.717, 1.165) is 25.5 Å². The summed E-state index contributed by atoms with van der Waals surface area (Å²) in [6.45, 7) is 2.22. The first-order chi connectivity index (χ1) is 13.3. The van der Waals surface area contributed by atoms with Gasteiger partial charge in [0.1, 0.15) is 5.75 Å². The standard InChI is InChI=1S/C21H35N2O4S/c1-3-4-5-6-7-8-9-10-11-12-16-20(21(22)24)27-19-15-13-14-18(17-19)23-28(2,25)26/h13-15,17,20,22-23H,3-12,16H2,1-2H3. The predicted molar refractivity (Wildman–Crippen MR) is 114 cm³/mol. The maximum absolute atomic E-state index is 11.6. The monoisotopic (exact) mass is 411 g/mol. The molecule has 0 fully saturated rings. The Morgan fingerprint density at radius 2 is 1.61 bits per heavy atom. The van der Waals surface area contributed by atoms with E-state index in [0.29, 0.717) is 17.9 Å². The third-order valence-electron chi connectivity index (χ3n) is 4.53. The van der Waals surface area contributed by atoms with Gasteiger partial charge in [-0.15, -0.1) is 0 Å². The number of rotatable bonds is 16. The van der Waals surface area contributed by atoms with Crippen LogP contribution in [0.4, 0.5) is 5.69 Å². The van der Waals surface area contributed by atoms with Gasteiger partial charge < -0.3 is 4.74 Å². The molecule has 0 heterocycles. The molecule has 2 N–H and O–H groups in total. The molecule has 0 saturated carbocycles. The molecule has 1 amide bonds. The molecule has 0 saturated heterocycles. The number of amides is 1. The maximum atomic E-state index is 11.6. The summed E-state index contributed by atoms with van der Waals surface area (Å²) >= 11 is 0. The lowest BCUT2D eigenvalue weighted by Gasteiger charge is -2.16. The molecule has 1 radical (unpaired) electrons. The summed E-state index contributed by atoms with van der Waals surface area (Å²) in [6, 6.07) is 6.43. The lowest BCUT2D eigenvalue weighted by molar-refractivity contribution is -0.125. The molecule has 7 heteroatoms. The summed E-state index contributed by atoms with van der Waals surface area (Å²) in [6.07, 6.45) is 12.8. The number of ether oxygens (including phenoxy) is 1. The number of unbranched alkanes of at least 4 members (excludes halogenated alkanes) is 9. The number of hydrogen-bond acceptors (Lipinski definition) is 4. The molecule has 0 aliphatic heterocycles. The van der Waals surface area contributed by atoms with Crippen molar-refractivity contribution in [1.82, 2.24) is 5.73 Å². The molecule has 0 aliphatic carbocycles. The Kier molecular flexibility index (Phi) is 11.6. The number of sulfonamides is 1. The average molecular weight is 412 g/mol. The van der Waals surface area contributed by atoms with E-state index in [1.54, 1.807) is 18.2 Å². The van der Waals surface area contributed by atoms with Gasteiger partial charge in [0.2, 0.25) is 10.0 Å². The van der Waals surface area contributed by atoms with E-state index < -0.39 is 22.0 Å². The average Bonchev–Trinajstić information content (AvgIpc) is 2.61. The summed E-state index contributed by atoms with van der Waals surface area (Å²) in [5.41, 5.74) is 7.80. The van der Waals surface area contributed by atoms with Gasteiger partial charge in [-0.25, -0.2) is 8.42 Å². The van der Waals surface area contributed by atoms with Crippen molar-refractivity contribution in [3.05, 3.63) is 24.3 Å². The van der Waals surface area contributed by atoms with E-state index in [1.807, 2.05) is 0 Å². The van der Waals surface area contributed by atoms with Crippen molar-refractivity contribution in [2.45, 2.75) is 83.7 Å². The van der Waals surface area contributed by atoms with Gasteiger partial charge >= 0.3 is 0 Å². The molecule has 6 nitrogen and oxygen atoms in total. The third-order valence-corrected chi connectivity index (χ3v) is 5.13. The van der Waals surface area contributed by atoms with Crippen molar-refractivity contribution < 1.29 is 17.9 Å². The van der Waals surface area contributed by atoms with Gasteiger partial charge in [-0.05, 0) is 25.0 Å². The van der Waals surface area contributed by atoms with Crippen molar-refractivity contribution in [1.29, 1.82) is 0 Å². The fourth-order valence-corrected chi connectivity index (χ4v) is 3.63. The molecule has 28 heavy (non-hydrogen) atoms. The zero-order chi connectivity index (χ0) is 20.8. The molecule has 1 atom stereocenters. The van der Waals surface area contributed by atoms with Crippen LogP contribution in [0.15, 0.2) is 24.3 Å². The smallest absolute Gasteiger partial charge is 0.279 e. The van der Waals surface area contributed by atoms with Gasteiger partial charge in [0.05, 0.1) is 11.9 Å². The molecule has 1 rings (SSSR count). The summed E-state index contributed by atoms with van der Waals surface area (Å²) in [4.78, 5) is 11.6. The SMILES string of the molecule is CCCCCCCCCCCCC(Oc1cccc(NS(C)(=O)=O)c1)C([NH])=O. The zero-order valence-corrected chi connectivity index (χ0v) is 18.0. The van der Waals surface area contributed by atoms with E-state index in [-0.39, 0.29) is 0 Å². The molecular formula is C21H35N2O4S. The molecule has 0 bridgehead atoms. The Morgan fingerprint density at radius 1 is 1.04 bits per heavy atom. The van der Waals surface area contributed by atoms with E-state index in [9.17, 15) is 13.2 Å². The zero-order valence-electron chi connectivity index (χ0n) is 17.2. The summed E-state index contributed by atoms with van der Waals surface area (Å²) in [7, 11) is -3.38. The van der Waals surface area contributed by atoms with Crippen LogP contribution in [0.3, 0.4) is 0 Å². The van der Waals surface area contributed by atoms with Gasteiger partial charge in [0.15, 0.2) is 6.10 Å². The maximum Gasteiger partial charge on any atom is 0.279 e. The lowest BCUT2D eigenvalue weighted by Crippen LogP contribution is -2.28. The van der Waals surface area contributed by atoms with Crippen LogP contribution in [-0.2, 0) is 14.8 Å². The molecule has 1 aromatic rings. The topological polar surface area (TPSA) is 96.3 Å². The molecule has 159 valence electrons. The number of carbonyl (C=O) groups excluding carboxylic acids is 1.